The Morgan fingerprint density at radius 3 is 2.67 bits per heavy atom. The Hall–Kier alpha value is -2.10. The summed E-state index contributed by atoms with van der Waals surface area (Å²) in [5.74, 6) is 0.875. The summed E-state index contributed by atoms with van der Waals surface area (Å²) in [6.07, 6.45) is 4.48. The Bertz CT molecular complexity index is 761. The molecule has 0 radical (unpaired) electrons. The zero-order valence-electron chi connectivity index (χ0n) is 15.8. The summed E-state index contributed by atoms with van der Waals surface area (Å²) in [5, 5.41) is 7.46. The van der Waals surface area contributed by atoms with E-state index in [1.54, 1.807) is 15.8 Å². The molecule has 1 aliphatic rings. The molecule has 1 amide bonds. The molecule has 7 nitrogen and oxygen atoms in total. The molecule has 1 N–H and O–H groups in total. The van der Waals surface area contributed by atoms with Gasteiger partial charge in [0.2, 0.25) is 5.91 Å². The van der Waals surface area contributed by atoms with Gasteiger partial charge in [-0.2, -0.15) is 5.10 Å². The minimum absolute atomic E-state index is 0. The molecule has 2 aromatic rings. The van der Waals surface area contributed by atoms with E-state index in [9.17, 15) is 4.79 Å². The number of halogens is 1. The van der Waals surface area contributed by atoms with E-state index in [1.807, 2.05) is 43.3 Å². The van der Waals surface area contributed by atoms with Crippen LogP contribution in [0.2, 0.25) is 0 Å². The second-order valence-electron chi connectivity index (χ2n) is 6.31. The molecule has 2 heterocycles. The first-order valence-electron chi connectivity index (χ1n) is 9.03. The van der Waals surface area contributed by atoms with Crippen LogP contribution >= 0.6 is 24.0 Å². The SMILES string of the molecule is CCNC(=NCCc1ccccc1)N1CCN(c2cnn(C)c2)C(=O)C1.I. The lowest BCUT2D eigenvalue weighted by Gasteiger charge is -2.35. The van der Waals surface area contributed by atoms with Gasteiger partial charge in [-0.25, -0.2) is 0 Å². The molecule has 0 saturated carbocycles. The van der Waals surface area contributed by atoms with Crippen LogP contribution in [0.3, 0.4) is 0 Å². The molecule has 27 heavy (non-hydrogen) atoms. The molecule has 1 aliphatic heterocycles. The highest BCUT2D eigenvalue weighted by Crippen LogP contribution is 2.16. The summed E-state index contributed by atoms with van der Waals surface area (Å²) in [7, 11) is 1.85. The summed E-state index contributed by atoms with van der Waals surface area (Å²) in [6, 6.07) is 10.3. The van der Waals surface area contributed by atoms with Gasteiger partial charge in [-0.1, -0.05) is 30.3 Å². The van der Waals surface area contributed by atoms with E-state index in [0.29, 0.717) is 19.6 Å². The molecule has 0 spiro atoms. The number of guanidine groups is 1. The number of anilines is 1. The molecule has 146 valence electrons. The molecule has 3 rings (SSSR count). The van der Waals surface area contributed by atoms with E-state index in [2.05, 4.69) is 22.5 Å². The Balaban J connectivity index is 0.00000261. The predicted molar refractivity (Wildman–Crippen MR) is 119 cm³/mol. The van der Waals surface area contributed by atoms with Crippen molar-refractivity contribution < 1.29 is 4.79 Å². The normalized spacial score (nSPS) is 14.9. The van der Waals surface area contributed by atoms with E-state index in [4.69, 9.17) is 4.99 Å². The maximum atomic E-state index is 12.6. The predicted octanol–water partition coefficient (Wildman–Crippen LogP) is 1.89. The lowest BCUT2D eigenvalue weighted by Crippen LogP contribution is -2.55. The number of hydrogen-bond acceptors (Lipinski definition) is 3. The number of aryl methyl sites for hydroxylation is 1. The van der Waals surface area contributed by atoms with Crippen LogP contribution in [0.4, 0.5) is 5.69 Å². The van der Waals surface area contributed by atoms with E-state index in [0.717, 1.165) is 31.2 Å². The fraction of sp³-hybridized carbons (Fsp3) is 0.421. The van der Waals surface area contributed by atoms with Crippen LogP contribution < -0.4 is 10.2 Å². The average Bonchev–Trinajstić information content (AvgIpc) is 3.08. The number of nitrogens with zero attached hydrogens (tertiary/aromatic N) is 5. The second kappa shape index (κ2) is 10.3. The van der Waals surface area contributed by atoms with Crippen molar-refractivity contribution in [2.75, 3.05) is 37.6 Å². The van der Waals surface area contributed by atoms with Crippen LogP contribution in [0.15, 0.2) is 47.7 Å². The third-order valence-corrected chi connectivity index (χ3v) is 4.36. The van der Waals surface area contributed by atoms with Crippen molar-refractivity contribution in [2.45, 2.75) is 13.3 Å². The smallest absolute Gasteiger partial charge is 0.246 e. The van der Waals surface area contributed by atoms with Crippen LogP contribution in [-0.4, -0.2) is 59.3 Å². The summed E-state index contributed by atoms with van der Waals surface area (Å²) >= 11 is 0. The molecule has 1 fully saturated rings. The van der Waals surface area contributed by atoms with Gasteiger partial charge in [0.1, 0.15) is 6.54 Å². The highest BCUT2D eigenvalue weighted by Gasteiger charge is 2.27. The van der Waals surface area contributed by atoms with Crippen LogP contribution in [-0.2, 0) is 18.3 Å². The second-order valence-corrected chi connectivity index (χ2v) is 6.31. The van der Waals surface area contributed by atoms with Crippen molar-refractivity contribution in [3.63, 3.8) is 0 Å². The Labute approximate surface area is 177 Å². The fourth-order valence-electron chi connectivity index (χ4n) is 3.04. The van der Waals surface area contributed by atoms with Gasteiger partial charge >= 0.3 is 0 Å². The minimum atomic E-state index is 0. The van der Waals surface area contributed by atoms with E-state index in [1.165, 1.54) is 5.56 Å². The minimum Gasteiger partial charge on any atom is -0.357 e. The fourth-order valence-corrected chi connectivity index (χ4v) is 3.04. The molecular weight excluding hydrogens is 455 g/mol. The number of benzene rings is 1. The van der Waals surface area contributed by atoms with Gasteiger partial charge in [-0.15, -0.1) is 24.0 Å². The van der Waals surface area contributed by atoms with Gasteiger partial charge in [-0.05, 0) is 18.9 Å². The van der Waals surface area contributed by atoms with Gasteiger partial charge < -0.3 is 15.1 Å². The van der Waals surface area contributed by atoms with Gasteiger partial charge in [0, 0.05) is 39.4 Å². The van der Waals surface area contributed by atoms with Crippen LogP contribution in [0, 0.1) is 0 Å². The van der Waals surface area contributed by atoms with Crippen molar-refractivity contribution in [3.8, 4) is 0 Å². The first-order valence-corrected chi connectivity index (χ1v) is 9.03. The van der Waals surface area contributed by atoms with E-state index in [-0.39, 0.29) is 29.9 Å². The van der Waals surface area contributed by atoms with Gasteiger partial charge in [0.25, 0.3) is 0 Å². The Morgan fingerprint density at radius 2 is 2.04 bits per heavy atom. The third kappa shape index (κ3) is 5.69. The third-order valence-electron chi connectivity index (χ3n) is 4.36. The van der Waals surface area contributed by atoms with Crippen molar-refractivity contribution >= 4 is 41.5 Å². The molecule has 0 unspecified atom stereocenters. The van der Waals surface area contributed by atoms with Crippen LogP contribution in [0.1, 0.15) is 12.5 Å². The van der Waals surface area contributed by atoms with Gasteiger partial charge in [0.05, 0.1) is 11.9 Å². The number of piperazine rings is 1. The molecule has 8 heteroatoms. The molecule has 1 saturated heterocycles. The maximum Gasteiger partial charge on any atom is 0.246 e. The van der Waals surface area contributed by atoms with Crippen LogP contribution in [0.5, 0.6) is 0 Å². The highest BCUT2D eigenvalue weighted by molar-refractivity contribution is 14.0. The van der Waals surface area contributed by atoms with Gasteiger partial charge in [0.15, 0.2) is 5.96 Å². The molecule has 0 aliphatic carbocycles. The monoisotopic (exact) mass is 482 g/mol. The topological polar surface area (TPSA) is 65.8 Å². The highest BCUT2D eigenvalue weighted by atomic mass is 127. The standard InChI is InChI=1S/C19H26N6O.HI/c1-3-20-19(21-10-9-16-7-5-4-6-8-16)24-11-12-25(18(26)15-24)17-13-22-23(2)14-17;/h4-8,13-14H,3,9-12,15H2,1-2H3,(H,20,21);1H. The largest absolute Gasteiger partial charge is 0.357 e. The number of carbonyl (C=O) groups excluding carboxylic acids is 1. The lowest BCUT2D eigenvalue weighted by atomic mass is 10.2. The van der Waals surface area contributed by atoms with Crippen molar-refractivity contribution in [1.29, 1.82) is 0 Å². The number of hydrogen-bond donors (Lipinski definition) is 1. The average molecular weight is 482 g/mol. The zero-order valence-corrected chi connectivity index (χ0v) is 18.2. The quantitative estimate of drug-likeness (QED) is 0.402. The van der Waals surface area contributed by atoms with E-state index >= 15 is 0 Å². The molecule has 1 aromatic carbocycles. The number of amides is 1. The Kier molecular flexibility index (Phi) is 8.08. The lowest BCUT2D eigenvalue weighted by molar-refractivity contribution is -0.120. The summed E-state index contributed by atoms with van der Waals surface area (Å²) in [6.45, 7) is 5.22. The summed E-state index contributed by atoms with van der Waals surface area (Å²) in [5.41, 5.74) is 2.12. The Morgan fingerprint density at radius 1 is 1.26 bits per heavy atom. The number of aromatic nitrogens is 2. The van der Waals surface area contributed by atoms with Crippen molar-refractivity contribution in [1.82, 2.24) is 20.0 Å². The summed E-state index contributed by atoms with van der Waals surface area (Å²) in [4.78, 5) is 21.1. The molecule has 0 bridgehead atoms. The van der Waals surface area contributed by atoms with Crippen molar-refractivity contribution in [3.05, 3.63) is 48.3 Å². The molecule has 0 atom stereocenters. The number of nitrogens with one attached hydrogen (secondary N) is 1. The number of carbonyl (C=O) groups is 1. The molecule has 1 aromatic heterocycles. The first-order chi connectivity index (χ1) is 12.7. The first kappa shape index (κ1) is 21.2. The maximum absolute atomic E-state index is 12.6. The van der Waals surface area contributed by atoms with Crippen LogP contribution in [0.25, 0.3) is 0 Å². The summed E-state index contributed by atoms with van der Waals surface area (Å²) < 4.78 is 1.71. The molecular formula is C19H27IN6O. The number of rotatable bonds is 5. The number of aliphatic imine (C=N–C) groups is 1. The van der Waals surface area contributed by atoms with E-state index < -0.39 is 0 Å². The zero-order chi connectivity index (χ0) is 18.4. The van der Waals surface area contributed by atoms with Gasteiger partial charge in [-0.3, -0.25) is 14.5 Å². The van der Waals surface area contributed by atoms with Crippen molar-refractivity contribution in [2.24, 2.45) is 12.0 Å².